The van der Waals surface area contributed by atoms with Crippen LogP contribution in [-0.2, 0) is 28.1 Å². The number of hydrogen-bond acceptors (Lipinski definition) is 6. The van der Waals surface area contributed by atoms with Gasteiger partial charge in [-0.05, 0) is 49.8 Å². The Balaban J connectivity index is 1.38. The fraction of sp³-hybridized carbons (Fsp3) is 0.480. The zero-order chi connectivity index (χ0) is 30.6. The minimum Gasteiger partial charge on any atom is -0.399 e. The Morgan fingerprint density at radius 1 is 1.12 bits per heavy atom. The lowest BCUT2D eigenvalue weighted by Gasteiger charge is -2.30. The summed E-state index contributed by atoms with van der Waals surface area (Å²) in [5.74, 6) is -0.887. The number of carbonyl (C=O) groups excluding carboxylic acids is 2. The van der Waals surface area contributed by atoms with Crippen LogP contribution >= 0.6 is 46.1 Å². The number of nitrogens with zero attached hydrogens (tertiary/aromatic N) is 2. The molecule has 2 aromatic rings. The van der Waals surface area contributed by atoms with E-state index in [1.807, 2.05) is 0 Å². The van der Waals surface area contributed by atoms with Crippen LogP contribution in [0.25, 0.3) is 0 Å². The number of amides is 2. The SMILES string of the molecule is O=C(NC1CCN(CC(F)(F)F)C1=O)Oc1sc(C2=NOC(c3cc(Cl)c(Cl)c(Cl)c3)(C(F)(F)F)C2)c2c1CCCC2. The Labute approximate surface area is 253 Å². The fourth-order valence-electron chi connectivity index (χ4n) is 5.23. The number of hydrogen-bond donors (Lipinski definition) is 1. The summed E-state index contributed by atoms with van der Waals surface area (Å²) in [5.41, 5.74) is -2.06. The Morgan fingerprint density at radius 3 is 2.38 bits per heavy atom. The van der Waals surface area contributed by atoms with Crippen molar-refractivity contribution in [1.82, 2.24) is 10.2 Å². The van der Waals surface area contributed by atoms with E-state index in [-0.39, 0.29) is 38.8 Å². The highest BCUT2D eigenvalue weighted by atomic mass is 35.5. The van der Waals surface area contributed by atoms with Crippen molar-refractivity contribution < 1.29 is 45.5 Å². The molecule has 17 heteroatoms. The summed E-state index contributed by atoms with van der Waals surface area (Å²) in [5, 5.41) is 5.69. The second-order valence-corrected chi connectivity index (χ2v) is 12.2. The maximum atomic E-state index is 14.5. The molecule has 0 spiro atoms. The first-order chi connectivity index (χ1) is 19.6. The topological polar surface area (TPSA) is 80.2 Å². The summed E-state index contributed by atoms with van der Waals surface area (Å²) >= 11 is 18.9. The molecule has 1 aromatic heterocycles. The molecule has 2 unspecified atom stereocenters. The van der Waals surface area contributed by atoms with Gasteiger partial charge in [0.05, 0.1) is 26.4 Å². The predicted octanol–water partition coefficient (Wildman–Crippen LogP) is 7.42. The summed E-state index contributed by atoms with van der Waals surface area (Å²) in [6, 6.07) is 0.836. The summed E-state index contributed by atoms with van der Waals surface area (Å²) in [4.78, 5) is 31.0. The molecule has 7 nitrogen and oxygen atoms in total. The van der Waals surface area contributed by atoms with Gasteiger partial charge in [0.15, 0.2) is 5.06 Å². The van der Waals surface area contributed by atoms with E-state index in [2.05, 4.69) is 10.5 Å². The largest absolute Gasteiger partial charge is 0.435 e. The molecule has 42 heavy (non-hydrogen) atoms. The Bertz CT molecular complexity index is 1440. The number of carbonyl (C=O) groups is 2. The molecule has 1 aromatic carbocycles. The summed E-state index contributed by atoms with van der Waals surface area (Å²) in [6.45, 7) is -1.62. The van der Waals surface area contributed by atoms with Gasteiger partial charge in [0.1, 0.15) is 18.3 Å². The van der Waals surface area contributed by atoms with Gasteiger partial charge >= 0.3 is 18.4 Å². The number of nitrogens with one attached hydrogen (secondary N) is 1. The number of oxime groups is 1. The lowest BCUT2D eigenvalue weighted by molar-refractivity contribution is -0.275. The summed E-state index contributed by atoms with van der Waals surface area (Å²) in [7, 11) is 0. The minimum atomic E-state index is -4.94. The first kappa shape index (κ1) is 31.0. The molecule has 0 saturated carbocycles. The maximum absolute atomic E-state index is 14.5. The van der Waals surface area contributed by atoms with Crippen molar-refractivity contribution in [3.05, 3.63) is 48.8 Å². The van der Waals surface area contributed by atoms with E-state index in [1.165, 1.54) is 0 Å². The lowest BCUT2D eigenvalue weighted by Crippen LogP contribution is -2.44. The number of ether oxygens (including phenoxy) is 1. The van der Waals surface area contributed by atoms with E-state index in [0.29, 0.717) is 33.7 Å². The standard InChI is InChI=1S/C25H20Cl3F6N3O4S/c26-14-7-11(8-15(27)18(14)28)23(25(32,33)34)9-17(36-41-23)19-12-3-1-2-4-13(12)21(42-19)40-22(39)35-16-5-6-37(20(16)38)10-24(29,30)31/h7-8,16H,1-6,9-10H2,(H,35,39). The van der Waals surface area contributed by atoms with Crippen molar-refractivity contribution in [3.63, 3.8) is 0 Å². The molecule has 0 bridgehead atoms. The van der Waals surface area contributed by atoms with Crippen LogP contribution in [0.5, 0.6) is 5.06 Å². The number of benzene rings is 1. The van der Waals surface area contributed by atoms with Crippen molar-refractivity contribution in [3.8, 4) is 5.06 Å². The van der Waals surface area contributed by atoms with Crippen molar-refractivity contribution in [2.75, 3.05) is 13.1 Å². The van der Waals surface area contributed by atoms with Crippen molar-refractivity contribution in [2.45, 2.75) is 62.5 Å². The first-order valence-corrected chi connectivity index (χ1v) is 14.5. The molecule has 228 valence electrons. The van der Waals surface area contributed by atoms with Gasteiger partial charge in [-0.15, -0.1) is 0 Å². The Hall–Kier alpha value is -2.42. The van der Waals surface area contributed by atoms with Crippen LogP contribution in [0.3, 0.4) is 0 Å². The number of alkyl halides is 6. The molecule has 3 aliphatic rings. The molecule has 2 atom stereocenters. The highest BCUT2D eigenvalue weighted by molar-refractivity contribution is 7.16. The van der Waals surface area contributed by atoms with Gasteiger partial charge in [-0.25, -0.2) is 4.79 Å². The minimum absolute atomic E-state index is 0.0262. The number of fused-ring (bicyclic) bond motifs is 1. The third-order valence-corrected chi connectivity index (χ3v) is 9.62. The second-order valence-electron chi connectivity index (χ2n) is 10.0. The van der Waals surface area contributed by atoms with E-state index < -0.39 is 54.5 Å². The first-order valence-electron chi connectivity index (χ1n) is 12.6. The molecular weight excluding hydrogens is 659 g/mol. The van der Waals surface area contributed by atoms with Crippen LogP contribution in [0.1, 0.15) is 47.3 Å². The van der Waals surface area contributed by atoms with Gasteiger partial charge < -0.3 is 19.8 Å². The van der Waals surface area contributed by atoms with Gasteiger partial charge in [0.25, 0.3) is 5.60 Å². The molecule has 1 N–H and O–H groups in total. The van der Waals surface area contributed by atoms with Gasteiger partial charge in [-0.3, -0.25) is 4.79 Å². The van der Waals surface area contributed by atoms with Crippen LogP contribution in [0.15, 0.2) is 17.3 Å². The van der Waals surface area contributed by atoms with E-state index >= 15 is 0 Å². The van der Waals surface area contributed by atoms with Gasteiger partial charge in [0, 0.05) is 17.7 Å². The quantitative estimate of drug-likeness (QED) is 0.264. The van der Waals surface area contributed by atoms with E-state index in [0.717, 1.165) is 36.3 Å². The second kappa shape index (κ2) is 11.3. The van der Waals surface area contributed by atoms with Crippen LogP contribution in [0, 0.1) is 0 Å². The molecular formula is C25H20Cl3F6N3O4S. The Kier molecular flexibility index (Phi) is 8.31. The van der Waals surface area contributed by atoms with Gasteiger partial charge in [0.2, 0.25) is 5.91 Å². The van der Waals surface area contributed by atoms with E-state index in [4.69, 9.17) is 44.4 Å². The molecule has 0 radical (unpaired) electrons. The fourth-order valence-corrected chi connectivity index (χ4v) is 7.05. The van der Waals surface area contributed by atoms with Gasteiger partial charge in [-0.2, -0.15) is 26.3 Å². The van der Waals surface area contributed by atoms with E-state index in [9.17, 15) is 35.9 Å². The maximum Gasteiger partial charge on any atom is 0.435 e. The van der Waals surface area contributed by atoms with Crippen molar-refractivity contribution in [1.29, 1.82) is 0 Å². The lowest BCUT2D eigenvalue weighted by atomic mass is 9.86. The summed E-state index contributed by atoms with van der Waals surface area (Å²) < 4.78 is 87.2. The predicted molar refractivity (Wildman–Crippen MR) is 143 cm³/mol. The third kappa shape index (κ3) is 5.87. The van der Waals surface area contributed by atoms with Crippen LogP contribution in [-0.4, -0.2) is 54.1 Å². The highest BCUT2D eigenvalue weighted by Crippen LogP contribution is 2.52. The van der Waals surface area contributed by atoms with Crippen molar-refractivity contribution >= 4 is 63.9 Å². The highest BCUT2D eigenvalue weighted by Gasteiger charge is 2.63. The normalized spacial score (nSPS) is 22.6. The molecule has 3 heterocycles. The van der Waals surface area contributed by atoms with E-state index in [1.54, 1.807) is 0 Å². The van der Waals surface area contributed by atoms with Crippen LogP contribution < -0.4 is 10.1 Å². The van der Waals surface area contributed by atoms with Crippen LogP contribution in [0.2, 0.25) is 15.1 Å². The average molecular weight is 679 g/mol. The molecule has 1 fully saturated rings. The zero-order valence-corrected chi connectivity index (χ0v) is 24.3. The number of thiophene rings is 1. The molecule has 2 amide bonds. The summed E-state index contributed by atoms with van der Waals surface area (Å²) in [6.07, 6.45) is -8.95. The van der Waals surface area contributed by atoms with Crippen molar-refractivity contribution in [2.24, 2.45) is 5.16 Å². The molecule has 1 aliphatic carbocycles. The number of halogens is 9. The van der Waals surface area contributed by atoms with Gasteiger partial charge in [-0.1, -0.05) is 51.3 Å². The average Bonchev–Trinajstić information content (AvgIpc) is 3.59. The number of rotatable bonds is 5. The Morgan fingerprint density at radius 2 is 1.76 bits per heavy atom. The molecule has 5 rings (SSSR count). The number of likely N-dealkylation sites (tertiary alicyclic amines) is 1. The molecule has 2 aliphatic heterocycles. The third-order valence-electron chi connectivity index (χ3n) is 7.23. The zero-order valence-electron chi connectivity index (χ0n) is 21.2. The molecule has 1 saturated heterocycles. The monoisotopic (exact) mass is 677 g/mol. The smallest absolute Gasteiger partial charge is 0.399 e. The van der Waals surface area contributed by atoms with Crippen LogP contribution in [0.4, 0.5) is 31.1 Å².